The SMILES string of the molecule is CC(O)CC(C)C(C)(O)C(F)(F)F. The number of halogens is 3. The Morgan fingerprint density at radius 2 is 1.62 bits per heavy atom. The molecule has 0 saturated carbocycles. The molecule has 0 saturated heterocycles. The summed E-state index contributed by atoms with van der Waals surface area (Å²) in [5, 5.41) is 18.0. The molecule has 0 amide bonds. The van der Waals surface area contributed by atoms with Crippen molar-refractivity contribution in [3.63, 3.8) is 0 Å². The van der Waals surface area contributed by atoms with Crippen LogP contribution in [0.3, 0.4) is 0 Å². The Balaban J connectivity index is 4.45. The zero-order valence-electron chi connectivity index (χ0n) is 7.89. The van der Waals surface area contributed by atoms with Crippen molar-refractivity contribution in [1.82, 2.24) is 0 Å². The van der Waals surface area contributed by atoms with Crippen LogP contribution in [0, 0.1) is 5.92 Å². The minimum Gasteiger partial charge on any atom is -0.393 e. The first-order valence-electron chi connectivity index (χ1n) is 4.06. The smallest absolute Gasteiger partial charge is 0.393 e. The maximum absolute atomic E-state index is 12.2. The molecule has 0 fully saturated rings. The number of aliphatic hydroxyl groups is 2. The van der Waals surface area contributed by atoms with Crippen LogP contribution < -0.4 is 0 Å². The monoisotopic (exact) mass is 200 g/mol. The zero-order chi connectivity index (χ0) is 10.9. The molecular formula is C8H15F3O2. The number of alkyl halides is 3. The molecule has 0 spiro atoms. The van der Waals surface area contributed by atoms with Crippen LogP contribution in [-0.2, 0) is 0 Å². The third kappa shape index (κ3) is 3.15. The highest BCUT2D eigenvalue weighted by atomic mass is 19.4. The van der Waals surface area contributed by atoms with Crippen molar-refractivity contribution in [2.75, 3.05) is 0 Å². The van der Waals surface area contributed by atoms with Gasteiger partial charge in [0.15, 0.2) is 5.60 Å². The van der Waals surface area contributed by atoms with E-state index < -0.39 is 23.8 Å². The van der Waals surface area contributed by atoms with Gasteiger partial charge in [0.1, 0.15) is 0 Å². The molecule has 0 heterocycles. The largest absolute Gasteiger partial charge is 0.417 e. The van der Waals surface area contributed by atoms with Gasteiger partial charge in [-0.1, -0.05) is 6.92 Å². The molecule has 0 aromatic heterocycles. The van der Waals surface area contributed by atoms with Gasteiger partial charge in [-0.15, -0.1) is 0 Å². The summed E-state index contributed by atoms with van der Waals surface area (Å²) < 4.78 is 36.6. The highest BCUT2D eigenvalue weighted by Gasteiger charge is 2.53. The van der Waals surface area contributed by atoms with Crippen molar-refractivity contribution in [3.8, 4) is 0 Å². The minimum absolute atomic E-state index is 0.0769. The molecule has 0 aromatic rings. The molecule has 0 aliphatic carbocycles. The van der Waals surface area contributed by atoms with Crippen LogP contribution >= 0.6 is 0 Å². The third-order valence-corrected chi connectivity index (χ3v) is 2.23. The Morgan fingerprint density at radius 3 is 1.85 bits per heavy atom. The fourth-order valence-electron chi connectivity index (χ4n) is 1.02. The zero-order valence-corrected chi connectivity index (χ0v) is 7.89. The van der Waals surface area contributed by atoms with Gasteiger partial charge >= 0.3 is 6.18 Å². The molecule has 0 aliphatic heterocycles. The summed E-state index contributed by atoms with van der Waals surface area (Å²) in [4.78, 5) is 0. The molecule has 5 heteroatoms. The van der Waals surface area contributed by atoms with E-state index in [1.165, 1.54) is 13.8 Å². The van der Waals surface area contributed by atoms with E-state index in [1.54, 1.807) is 0 Å². The Labute approximate surface area is 75.4 Å². The predicted octanol–water partition coefficient (Wildman–Crippen LogP) is 1.71. The number of hydrogen-bond donors (Lipinski definition) is 2. The van der Waals surface area contributed by atoms with Gasteiger partial charge in [-0.3, -0.25) is 0 Å². The van der Waals surface area contributed by atoms with E-state index in [9.17, 15) is 13.2 Å². The standard InChI is InChI=1S/C8H15F3O2/c1-5(4-6(2)12)7(3,13)8(9,10)11/h5-6,12-13H,4H2,1-3H3. The van der Waals surface area contributed by atoms with Crippen LogP contribution in [-0.4, -0.2) is 28.1 Å². The number of hydrogen-bond acceptors (Lipinski definition) is 2. The molecule has 2 N–H and O–H groups in total. The molecule has 2 nitrogen and oxygen atoms in total. The van der Waals surface area contributed by atoms with Gasteiger partial charge in [-0.25, -0.2) is 0 Å². The van der Waals surface area contributed by atoms with E-state index in [1.807, 2.05) is 0 Å². The Kier molecular flexibility index (Phi) is 3.75. The summed E-state index contributed by atoms with van der Waals surface area (Å²) >= 11 is 0. The maximum atomic E-state index is 12.2. The third-order valence-electron chi connectivity index (χ3n) is 2.23. The van der Waals surface area contributed by atoms with E-state index in [2.05, 4.69) is 0 Å². The molecule has 3 atom stereocenters. The number of rotatable bonds is 3. The lowest BCUT2D eigenvalue weighted by atomic mass is 9.86. The van der Waals surface area contributed by atoms with Crippen molar-refractivity contribution in [1.29, 1.82) is 0 Å². The van der Waals surface area contributed by atoms with Crippen molar-refractivity contribution in [2.24, 2.45) is 5.92 Å². The summed E-state index contributed by atoms with van der Waals surface area (Å²) in [6.45, 7) is 3.38. The van der Waals surface area contributed by atoms with Crippen LogP contribution in [0.4, 0.5) is 13.2 Å². The second kappa shape index (κ2) is 3.84. The lowest BCUT2D eigenvalue weighted by Crippen LogP contribution is -2.48. The van der Waals surface area contributed by atoms with Crippen LogP contribution in [0.15, 0.2) is 0 Å². The Hall–Kier alpha value is -0.290. The molecule has 80 valence electrons. The van der Waals surface area contributed by atoms with Crippen LogP contribution in [0.2, 0.25) is 0 Å². The van der Waals surface area contributed by atoms with Gasteiger partial charge in [0, 0.05) is 0 Å². The van der Waals surface area contributed by atoms with Crippen molar-refractivity contribution >= 4 is 0 Å². The topological polar surface area (TPSA) is 40.5 Å². The molecular weight excluding hydrogens is 185 g/mol. The molecule has 3 unspecified atom stereocenters. The van der Waals surface area contributed by atoms with Gasteiger partial charge in [0.2, 0.25) is 0 Å². The van der Waals surface area contributed by atoms with Gasteiger partial charge < -0.3 is 10.2 Å². The fourth-order valence-corrected chi connectivity index (χ4v) is 1.02. The van der Waals surface area contributed by atoms with Gasteiger partial charge in [0.05, 0.1) is 6.10 Å². The van der Waals surface area contributed by atoms with E-state index in [-0.39, 0.29) is 6.42 Å². The van der Waals surface area contributed by atoms with E-state index in [4.69, 9.17) is 10.2 Å². The van der Waals surface area contributed by atoms with E-state index in [0.29, 0.717) is 0 Å². The highest BCUT2D eigenvalue weighted by Crippen LogP contribution is 2.37. The normalized spacial score (nSPS) is 22.2. The summed E-state index contributed by atoms with van der Waals surface area (Å²) in [5.74, 6) is -1.02. The maximum Gasteiger partial charge on any atom is 0.417 e. The average molecular weight is 200 g/mol. The second-order valence-electron chi connectivity index (χ2n) is 3.63. The van der Waals surface area contributed by atoms with Gasteiger partial charge in [-0.2, -0.15) is 13.2 Å². The first kappa shape index (κ1) is 12.7. The lowest BCUT2D eigenvalue weighted by Gasteiger charge is -2.32. The highest BCUT2D eigenvalue weighted by molar-refractivity contribution is 4.87. The summed E-state index contributed by atoms with van der Waals surface area (Å²) in [5.41, 5.74) is -2.73. The molecule has 0 aliphatic rings. The Morgan fingerprint density at radius 1 is 1.23 bits per heavy atom. The second-order valence-corrected chi connectivity index (χ2v) is 3.63. The first-order valence-corrected chi connectivity index (χ1v) is 4.06. The molecule has 13 heavy (non-hydrogen) atoms. The lowest BCUT2D eigenvalue weighted by molar-refractivity contribution is -0.272. The van der Waals surface area contributed by atoms with Crippen molar-refractivity contribution < 1.29 is 23.4 Å². The van der Waals surface area contributed by atoms with Crippen LogP contribution in [0.25, 0.3) is 0 Å². The van der Waals surface area contributed by atoms with E-state index >= 15 is 0 Å². The minimum atomic E-state index is -4.65. The first-order chi connectivity index (χ1) is 5.59. The molecule has 0 bridgehead atoms. The van der Waals surface area contributed by atoms with Crippen LogP contribution in [0.5, 0.6) is 0 Å². The summed E-state index contributed by atoms with van der Waals surface area (Å²) in [7, 11) is 0. The molecule has 0 aromatic carbocycles. The van der Waals surface area contributed by atoms with Crippen LogP contribution in [0.1, 0.15) is 27.2 Å². The summed E-state index contributed by atoms with van der Waals surface area (Å²) in [6.07, 6.45) is -5.57. The predicted molar refractivity (Wildman–Crippen MR) is 42.1 cm³/mol. The van der Waals surface area contributed by atoms with Gasteiger partial charge in [0.25, 0.3) is 0 Å². The van der Waals surface area contributed by atoms with Crippen molar-refractivity contribution in [2.45, 2.75) is 45.1 Å². The van der Waals surface area contributed by atoms with Crippen molar-refractivity contribution in [3.05, 3.63) is 0 Å². The molecule has 0 rings (SSSR count). The quantitative estimate of drug-likeness (QED) is 0.728. The molecule has 0 radical (unpaired) electrons. The van der Waals surface area contributed by atoms with E-state index in [0.717, 1.165) is 6.92 Å². The van der Waals surface area contributed by atoms with Gasteiger partial charge in [-0.05, 0) is 26.2 Å². The fraction of sp³-hybridized carbons (Fsp3) is 1.00. The summed E-state index contributed by atoms with van der Waals surface area (Å²) in [6, 6.07) is 0. The average Bonchev–Trinajstić information content (AvgIpc) is 1.82. The number of aliphatic hydroxyl groups excluding tert-OH is 1. The Bertz CT molecular complexity index is 163.